The number of fused-ring (bicyclic) bond motifs is 1. The van der Waals surface area contributed by atoms with E-state index < -0.39 is 0 Å². The van der Waals surface area contributed by atoms with Crippen LogP contribution in [0.1, 0.15) is 28.5 Å². The van der Waals surface area contributed by atoms with Gasteiger partial charge in [0, 0.05) is 44.1 Å². The van der Waals surface area contributed by atoms with Crippen molar-refractivity contribution in [3.8, 4) is 0 Å². The lowest BCUT2D eigenvalue weighted by atomic mass is 10.0. The molecule has 33 heavy (non-hydrogen) atoms. The number of nitrogen functional groups attached to an aromatic ring is 1. The molecule has 1 atom stereocenters. The van der Waals surface area contributed by atoms with Gasteiger partial charge in [0.15, 0.2) is 0 Å². The van der Waals surface area contributed by atoms with Crippen LogP contribution in [0.5, 0.6) is 0 Å². The monoisotopic (exact) mass is 441 g/mol. The number of nitrogens with one attached hydrogen (secondary N) is 1. The van der Waals surface area contributed by atoms with Gasteiger partial charge in [-0.15, -0.1) is 0 Å². The zero-order chi connectivity index (χ0) is 22.6. The fourth-order valence-corrected chi connectivity index (χ4v) is 4.90. The average Bonchev–Trinajstić information content (AvgIpc) is 2.86. The topological polar surface area (TPSA) is 64.8 Å². The average molecular weight is 442 g/mol. The third-order valence-electron chi connectivity index (χ3n) is 6.63. The van der Waals surface area contributed by atoms with Gasteiger partial charge >= 0.3 is 0 Å². The molecule has 5 rings (SSSR count). The highest BCUT2D eigenvalue weighted by molar-refractivity contribution is 6.02. The van der Waals surface area contributed by atoms with Crippen LogP contribution in [0.2, 0.25) is 0 Å². The highest BCUT2D eigenvalue weighted by Crippen LogP contribution is 2.33. The van der Waals surface area contributed by atoms with Gasteiger partial charge in [0.1, 0.15) is 6.17 Å². The predicted octanol–water partition coefficient (Wildman–Crippen LogP) is 3.73. The summed E-state index contributed by atoms with van der Waals surface area (Å²) < 4.78 is 0. The lowest BCUT2D eigenvalue weighted by Gasteiger charge is -2.40. The van der Waals surface area contributed by atoms with E-state index in [0.717, 1.165) is 68.2 Å². The maximum absolute atomic E-state index is 12.7. The predicted molar refractivity (Wildman–Crippen MR) is 135 cm³/mol. The largest absolute Gasteiger partial charge is 0.399 e. The summed E-state index contributed by atoms with van der Waals surface area (Å²) in [5, 5.41) is 3.21. The van der Waals surface area contributed by atoms with E-state index in [-0.39, 0.29) is 12.1 Å². The van der Waals surface area contributed by atoms with Gasteiger partial charge in [0.2, 0.25) is 0 Å². The molecule has 0 saturated carbocycles. The highest BCUT2D eigenvalue weighted by Gasteiger charge is 2.31. The molecule has 2 heterocycles. The number of amides is 1. The van der Waals surface area contributed by atoms with Crippen molar-refractivity contribution in [1.82, 2.24) is 10.2 Å². The molecule has 0 radical (unpaired) electrons. The number of carbonyl (C=O) groups excluding carboxylic acids is 1. The Morgan fingerprint density at radius 3 is 2.39 bits per heavy atom. The molecule has 2 aliphatic rings. The number of rotatable bonds is 6. The SMILES string of the molecule is Nc1cccc(N2CCN(CCCN3c4ccccc4C(=O)NC3c3ccccc3)CC2)c1. The molecule has 0 bridgehead atoms. The third-order valence-corrected chi connectivity index (χ3v) is 6.63. The van der Waals surface area contributed by atoms with E-state index in [1.807, 2.05) is 48.5 Å². The van der Waals surface area contributed by atoms with Crippen LogP contribution in [0.25, 0.3) is 0 Å². The summed E-state index contributed by atoms with van der Waals surface area (Å²) in [5.41, 5.74) is 10.9. The van der Waals surface area contributed by atoms with Crippen molar-refractivity contribution in [2.24, 2.45) is 0 Å². The summed E-state index contributed by atoms with van der Waals surface area (Å²) >= 11 is 0. The first kappa shape index (κ1) is 21.3. The van der Waals surface area contributed by atoms with Crippen LogP contribution in [0, 0.1) is 0 Å². The number of nitrogens with two attached hydrogens (primary N) is 1. The van der Waals surface area contributed by atoms with Gasteiger partial charge in [-0.2, -0.15) is 0 Å². The van der Waals surface area contributed by atoms with E-state index in [9.17, 15) is 4.79 Å². The number of para-hydroxylation sites is 1. The van der Waals surface area contributed by atoms with Gasteiger partial charge in [0.05, 0.1) is 11.3 Å². The Morgan fingerprint density at radius 2 is 1.61 bits per heavy atom. The maximum Gasteiger partial charge on any atom is 0.255 e. The molecule has 170 valence electrons. The normalized spacial score (nSPS) is 18.7. The van der Waals surface area contributed by atoms with E-state index in [1.165, 1.54) is 5.69 Å². The molecule has 1 unspecified atom stereocenters. The first-order valence-corrected chi connectivity index (χ1v) is 11.7. The van der Waals surface area contributed by atoms with Crippen molar-refractivity contribution in [3.05, 3.63) is 90.0 Å². The Hall–Kier alpha value is -3.51. The van der Waals surface area contributed by atoms with Crippen molar-refractivity contribution in [2.45, 2.75) is 12.6 Å². The molecule has 0 spiro atoms. The Labute approximate surface area is 195 Å². The van der Waals surface area contributed by atoms with Gasteiger partial charge in [-0.25, -0.2) is 0 Å². The van der Waals surface area contributed by atoms with E-state index >= 15 is 0 Å². The minimum absolute atomic E-state index is 0.00614. The molecule has 6 nitrogen and oxygen atoms in total. The number of anilines is 3. The smallest absolute Gasteiger partial charge is 0.255 e. The highest BCUT2D eigenvalue weighted by atomic mass is 16.2. The van der Waals surface area contributed by atoms with Crippen LogP contribution in [0.4, 0.5) is 17.1 Å². The minimum atomic E-state index is -0.144. The van der Waals surface area contributed by atoms with Gasteiger partial charge in [-0.1, -0.05) is 48.5 Å². The van der Waals surface area contributed by atoms with Crippen molar-refractivity contribution >= 4 is 23.0 Å². The van der Waals surface area contributed by atoms with Crippen molar-refractivity contribution in [1.29, 1.82) is 0 Å². The van der Waals surface area contributed by atoms with Crippen LogP contribution in [-0.2, 0) is 0 Å². The Morgan fingerprint density at radius 1 is 0.848 bits per heavy atom. The Bertz CT molecular complexity index is 1090. The standard InChI is InChI=1S/C27H31N5O/c28-22-10-6-11-23(20-22)31-18-16-30(17-19-31)14-7-15-32-25-13-5-4-12-24(25)27(33)29-26(32)21-8-2-1-3-9-21/h1-6,8-13,20,26H,7,14-19,28H2,(H,29,33). The molecule has 0 aromatic heterocycles. The van der Waals surface area contributed by atoms with Crippen LogP contribution in [-0.4, -0.2) is 50.1 Å². The van der Waals surface area contributed by atoms with E-state index in [4.69, 9.17) is 5.73 Å². The van der Waals surface area contributed by atoms with E-state index in [2.05, 4.69) is 50.3 Å². The number of hydrogen-bond acceptors (Lipinski definition) is 5. The van der Waals surface area contributed by atoms with Crippen molar-refractivity contribution in [3.63, 3.8) is 0 Å². The second-order valence-electron chi connectivity index (χ2n) is 8.77. The molecule has 2 aliphatic heterocycles. The molecule has 6 heteroatoms. The zero-order valence-electron chi connectivity index (χ0n) is 18.9. The van der Waals surface area contributed by atoms with Gasteiger partial charge in [0.25, 0.3) is 5.91 Å². The molecular weight excluding hydrogens is 410 g/mol. The summed E-state index contributed by atoms with van der Waals surface area (Å²) in [6, 6.07) is 26.3. The quantitative estimate of drug-likeness (QED) is 0.571. The van der Waals surface area contributed by atoms with Crippen LogP contribution in [0.3, 0.4) is 0 Å². The minimum Gasteiger partial charge on any atom is -0.399 e. The number of nitrogens with zero attached hydrogens (tertiary/aromatic N) is 3. The maximum atomic E-state index is 12.7. The fraction of sp³-hybridized carbons (Fsp3) is 0.296. The Kier molecular flexibility index (Phi) is 6.17. The molecule has 1 fully saturated rings. The molecule has 3 aromatic rings. The number of hydrogen-bond donors (Lipinski definition) is 2. The third kappa shape index (κ3) is 4.66. The molecule has 1 saturated heterocycles. The molecule has 0 aliphatic carbocycles. The van der Waals surface area contributed by atoms with Crippen molar-refractivity contribution in [2.75, 3.05) is 54.8 Å². The van der Waals surface area contributed by atoms with Crippen molar-refractivity contribution < 1.29 is 4.79 Å². The zero-order valence-corrected chi connectivity index (χ0v) is 18.9. The van der Waals surface area contributed by atoms with Gasteiger partial charge in [-0.3, -0.25) is 9.69 Å². The van der Waals surface area contributed by atoms with Crippen LogP contribution in [0.15, 0.2) is 78.9 Å². The fourth-order valence-electron chi connectivity index (χ4n) is 4.90. The molecule has 1 amide bonds. The van der Waals surface area contributed by atoms with E-state index in [1.54, 1.807) is 0 Å². The lowest BCUT2D eigenvalue weighted by molar-refractivity contribution is 0.0926. The summed E-state index contributed by atoms with van der Waals surface area (Å²) in [5.74, 6) is -0.00614. The summed E-state index contributed by atoms with van der Waals surface area (Å²) in [6.45, 7) is 6.04. The molecule has 3 N–H and O–H groups in total. The summed E-state index contributed by atoms with van der Waals surface area (Å²) in [6.07, 6.45) is 0.889. The number of piperazine rings is 1. The first-order valence-electron chi connectivity index (χ1n) is 11.7. The van der Waals surface area contributed by atoms with E-state index in [0.29, 0.717) is 0 Å². The lowest BCUT2D eigenvalue weighted by Crippen LogP contribution is -2.49. The van der Waals surface area contributed by atoms with Crippen LogP contribution >= 0.6 is 0 Å². The number of carbonyl (C=O) groups is 1. The summed E-state index contributed by atoms with van der Waals surface area (Å²) in [4.78, 5) is 20.0. The van der Waals surface area contributed by atoms with Gasteiger partial charge < -0.3 is 20.9 Å². The second kappa shape index (κ2) is 9.55. The molecule has 3 aromatic carbocycles. The summed E-state index contributed by atoms with van der Waals surface area (Å²) in [7, 11) is 0. The number of benzene rings is 3. The van der Waals surface area contributed by atoms with Crippen LogP contribution < -0.4 is 20.9 Å². The first-order chi connectivity index (χ1) is 16.2. The van der Waals surface area contributed by atoms with Gasteiger partial charge in [-0.05, 0) is 48.9 Å². The molecular formula is C27H31N5O. The Balaban J connectivity index is 1.22. The second-order valence-corrected chi connectivity index (χ2v) is 8.77.